The predicted octanol–water partition coefficient (Wildman–Crippen LogP) is 2.30. The quantitative estimate of drug-likeness (QED) is 0.883. The topological polar surface area (TPSA) is 40.5 Å². The van der Waals surface area contributed by atoms with E-state index in [0.717, 1.165) is 0 Å². The standard InChI is InChI=1S/C16H23NO2/c1-17(16(19)7-4-10-18)12-13-8-9-14-5-2-3-6-15(14)11-13/h8-9,11,18H,2-7,10,12H2,1H3. The third-order valence-electron chi connectivity index (χ3n) is 3.81. The second-order valence-electron chi connectivity index (χ2n) is 5.39. The summed E-state index contributed by atoms with van der Waals surface area (Å²) in [6.45, 7) is 0.746. The van der Waals surface area contributed by atoms with Gasteiger partial charge in [0.1, 0.15) is 0 Å². The van der Waals surface area contributed by atoms with Crippen LogP contribution in [0, 0.1) is 0 Å². The molecule has 0 spiro atoms. The van der Waals surface area contributed by atoms with Gasteiger partial charge < -0.3 is 10.0 Å². The molecule has 1 aliphatic carbocycles. The molecule has 1 aliphatic rings. The number of hydrogen-bond acceptors (Lipinski definition) is 2. The van der Waals surface area contributed by atoms with Gasteiger partial charge in [-0.15, -0.1) is 0 Å². The molecule has 0 unspecified atom stereocenters. The maximum atomic E-state index is 11.8. The van der Waals surface area contributed by atoms with Crippen LogP contribution < -0.4 is 0 Å². The lowest BCUT2D eigenvalue weighted by atomic mass is 9.90. The summed E-state index contributed by atoms with van der Waals surface area (Å²) in [5.74, 6) is 0.103. The van der Waals surface area contributed by atoms with Gasteiger partial charge in [-0.3, -0.25) is 4.79 Å². The molecule has 19 heavy (non-hydrogen) atoms. The minimum absolute atomic E-state index is 0.0818. The number of benzene rings is 1. The molecule has 0 heterocycles. The zero-order valence-electron chi connectivity index (χ0n) is 11.7. The molecule has 0 aliphatic heterocycles. The largest absolute Gasteiger partial charge is 0.396 e. The van der Waals surface area contributed by atoms with E-state index in [1.54, 1.807) is 4.90 Å². The summed E-state index contributed by atoms with van der Waals surface area (Å²) >= 11 is 0. The number of aryl methyl sites for hydroxylation is 2. The third kappa shape index (κ3) is 3.80. The van der Waals surface area contributed by atoms with Crippen molar-refractivity contribution in [1.82, 2.24) is 4.90 Å². The monoisotopic (exact) mass is 261 g/mol. The van der Waals surface area contributed by atoms with E-state index >= 15 is 0 Å². The maximum Gasteiger partial charge on any atom is 0.222 e. The molecule has 1 aromatic rings. The van der Waals surface area contributed by atoms with Gasteiger partial charge in [-0.1, -0.05) is 18.2 Å². The van der Waals surface area contributed by atoms with Gasteiger partial charge in [0.2, 0.25) is 5.91 Å². The number of carbonyl (C=O) groups excluding carboxylic acids is 1. The van der Waals surface area contributed by atoms with Crippen molar-refractivity contribution in [1.29, 1.82) is 0 Å². The van der Waals surface area contributed by atoms with E-state index in [-0.39, 0.29) is 12.5 Å². The third-order valence-corrected chi connectivity index (χ3v) is 3.81. The SMILES string of the molecule is CN(Cc1ccc2c(c1)CCCC2)C(=O)CCCO. The average Bonchev–Trinajstić information content (AvgIpc) is 2.44. The molecular formula is C16H23NO2. The lowest BCUT2D eigenvalue weighted by molar-refractivity contribution is -0.130. The summed E-state index contributed by atoms with van der Waals surface area (Å²) in [5.41, 5.74) is 4.14. The van der Waals surface area contributed by atoms with Crippen LogP contribution >= 0.6 is 0 Å². The highest BCUT2D eigenvalue weighted by Gasteiger charge is 2.12. The second-order valence-corrected chi connectivity index (χ2v) is 5.39. The van der Waals surface area contributed by atoms with E-state index < -0.39 is 0 Å². The smallest absolute Gasteiger partial charge is 0.222 e. The number of amides is 1. The summed E-state index contributed by atoms with van der Waals surface area (Å²) in [6, 6.07) is 6.61. The van der Waals surface area contributed by atoms with E-state index in [4.69, 9.17) is 5.11 Å². The molecule has 0 saturated carbocycles. The van der Waals surface area contributed by atoms with Crippen molar-refractivity contribution in [2.75, 3.05) is 13.7 Å². The number of carbonyl (C=O) groups is 1. The van der Waals surface area contributed by atoms with Crippen LogP contribution in [0.25, 0.3) is 0 Å². The Kier molecular flexibility index (Phi) is 4.97. The van der Waals surface area contributed by atoms with Gasteiger partial charge in [-0.25, -0.2) is 0 Å². The lowest BCUT2D eigenvalue weighted by Crippen LogP contribution is -2.26. The van der Waals surface area contributed by atoms with Crippen LogP contribution in [0.15, 0.2) is 18.2 Å². The first-order chi connectivity index (χ1) is 9.20. The summed E-state index contributed by atoms with van der Waals surface area (Å²) in [6.07, 6.45) is 5.92. The highest BCUT2D eigenvalue weighted by atomic mass is 16.3. The Labute approximate surface area is 115 Å². The van der Waals surface area contributed by atoms with Gasteiger partial charge in [-0.2, -0.15) is 0 Å². The Morgan fingerprint density at radius 2 is 2.00 bits per heavy atom. The fourth-order valence-electron chi connectivity index (χ4n) is 2.67. The van der Waals surface area contributed by atoms with Crippen LogP contribution in [0.3, 0.4) is 0 Å². The molecule has 0 aromatic heterocycles. The molecule has 0 radical (unpaired) electrons. The molecule has 0 atom stereocenters. The number of fused-ring (bicyclic) bond motifs is 1. The minimum atomic E-state index is 0.0818. The summed E-state index contributed by atoms with van der Waals surface area (Å²) in [5, 5.41) is 8.75. The maximum absolute atomic E-state index is 11.8. The number of hydrogen-bond donors (Lipinski definition) is 1. The van der Waals surface area contributed by atoms with Crippen molar-refractivity contribution in [2.45, 2.75) is 45.1 Å². The Bertz CT molecular complexity index is 442. The van der Waals surface area contributed by atoms with Crippen LogP contribution in [0.4, 0.5) is 0 Å². The van der Waals surface area contributed by atoms with Gasteiger partial charge in [0, 0.05) is 26.6 Å². The van der Waals surface area contributed by atoms with Crippen LogP contribution in [0.1, 0.15) is 42.4 Å². The molecular weight excluding hydrogens is 238 g/mol. The van der Waals surface area contributed by atoms with E-state index in [1.165, 1.54) is 42.4 Å². The Morgan fingerprint density at radius 3 is 2.74 bits per heavy atom. The van der Waals surface area contributed by atoms with Gasteiger partial charge in [0.25, 0.3) is 0 Å². The van der Waals surface area contributed by atoms with Crippen molar-refractivity contribution >= 4 is 5.91 Å². The molecule has 3 heteroatoms. The first-order valence-corrected chi connectivity index (χ1v) is 7.16. The van der Waals surface area contributed by atoms with Crippen LogP contribution in [-0.4, -0.2) is 29.6 Å². The van der Waals surface area contributed by atoms with Crippen LogP contribution in [0.5, 0.6) is 0 Å². The molecule has 0 bridgehead atoms. The van der Waals surface area contributed by atoms with Crippen LogP contribution in [-0.2, 0) is 24.2 Å². The summed E-state index contributed by atoms with van der Waals surface area (Å²) in [4.78, 5) is 13.6. The van der Waals surface area contributed by atoms with Crippen molar-refractivity contribution in [3.8, 4) is 0 Å². The highest BCUT2D eigenvalue weighted by Crippen LogP contribution is 2.22. The van der Waals surface area contributed by atoms with Gasteiger partial charge >= 0.3 is 0 Å². The molecule has 1 aromatic carbocycles. The molecule has 1 amide bonds. The number of rotatable bonds is 5. The van der Waals surface area contributed by atoms with Gasteiger partial charge in [0.05, 0.1) is 0 Å². The molecule has 0 fully saturated rings. The first-order valence-electron chi connectivity index (χ1n) is 7.16. The molecule has 0 saturated heterocycles. The number of aliphatic hydroxyl groups excluding tert-OH is 1. The molecule has 3 nitrogen and oxygen atoms in total. The van der Waals surface area contributed by atoms with Crippen LogP contribution in [0.2, 0.25) is 0 Å². The molecule has 1 N–H and O–H groups in total. The second kappa shape index (κ2) is 6.71. The number of aliphatic hydroxyl groups is 1. The normalized spacial score (nSPS) is 14.0. The van der Waals surface area contributed by atoms with Gasteiger partial charge in [-0.05, 0) is 48.8 Å². The average molecular weight is 261 g/mol. The Balaban J connectivity index is 1.97. The molecule has 104 valence electrons. The van der Waals surface area contributed by atoms with Crippen molar-refractivity contribution < 1.29 is 9.90 Å². The van der Waals surface area contributed by atoms with Crippen molar-refractivity contribution in [2.24, 2.45) is 0 Å². The van der Waals surface area contributed by atoms with E-state index in [9.17, 15) is 4.79 Å². The zero-order valence-corrected chi connectivity index (χ0v) is 11.7. The van der Waals surface area contributed by atoms with Crippen molar-refractivity contribution in [3.63, 3.8) is 0 Å². The zero-order chi connectivity index (χ0) is 13.7. The Morgan fingerprint density at radius 1 is 1.26 bits per heavy atom. The predicted molar refractivity (Wildman–Crippen MR) is 75.9 cm³/mol. The number of nitrogens with zero attached hydrogens (tertiary/aromatic N) is 1. The van der Waals surface area contributed by atoms with E-state index in [0.29, 0.717) is 19.4 Å². The fourth-order valence-corrected chi connectivity index (χ4v) is 2.67. The summed E-state index contributed by atoms with van der Waals surface area (Å²) in [7, 11) is 1.83. The van der Waals surface area contributed by atoms with Gasteiger partial charge in [0.15, 0.2) is 0 Å². The highest BCUT2D eigenvalue weighted by molar-refractivity contribution is 5.75. The first kappa shape index (κ1) is 14.1. The molecule has 2 rings (SSSR count). The Hall–Kier alpha value is -1.35. The van der Waals surface area contributed by atoms with E-state index in [1.807, 2.05) is 7.05 Å². The van der Waals surface area contributed by atoms with Crippen molar-refractivity contribution in [3.05, 3.63) is 34.9 Å². The summed E-state index contributed by atoms with van der Waals surface area (Å²) < 4.78 is 0. The lowest BCUT2D eigenvalue weighted by Gasteiger charge is -2.20. The fraction of sp³-hybridized carbons (Fsp3) is 0.562. The minimum Gasteiger partial charge on any atom is -0.396 e. The van der Waals surface area contributed by atoms with E-state index in [2.05, 4.69) is 18.2 Å².